The van der Waals surface area contributed by atoms with Crippen LogP contribution in [0.3, 0.4) is 0 Å². The van der Waals surface area contributed by atoms with E-state index in [1.54, 1.807) is 28.9 Å². The minimum atomic E-state index is -0.366. The summed E-state index contributed by atoms with van der Waals surface area (Å²) in [5, 5.41) is 7.72. The van der Waals surface area contributed by atoms with Crippen molar-refractivity contribution in [3.05, 3.63) is 36.8 Å². The van der Waals surface area contributed by atoms with E-state index in [4.69, 9.17) is 23.9 Å². The summed E-state index contributed by atoms with van der Waals surface area (Å²) in [7, 11) is 1.72. The maximum Gasteiger partial charge on any atom is 0.409 e. The zero-order valence-electron chi connectivity index (χ0n) is 19.5. The number of carbonyl (C=O) groups is 1. The van der Waals surface area contributed by atoms with Gasteiger partial charge >= 0.3 is 6.09 Å². The van der Waals surface area contributed by atoms with Crippen molar-refractivity contribution in [2.75, 3.05) is 38.7 Å². The third-order valence-corrected chi connectivity index (χ3v) is 6.54. The van der Waals surface area contributed by atoms with E-state index in [0.29, 0.717) is 43.6 Å². The monoisotopic (exact) mass is 480 g/mol. The first-order valence-corrected chi connectivity index (χ1v) is 12.0. The van der Waals surface area contributed by atoms with Crippen LogP contribution in [0.25, 0.3) is 16.8 Å². The molecule has 3 aromatic rings. The number of pyridine rings is 1. The predicted octanol–water partition coefficient (Wildman–Crippen LogP) is 2.57. The van der Waals surface area contributed by atoms with Crippen molar-refractivity contribution < 1.29 is 23.7 Å². The van der Waals surface area contributed by atoms with Crippen molar-refractivity contribution in [1.82, 2.24) is 24.5 Å². The molecule has 6 rings (SSSR count). The standard InChI is InChI=1S/C24H28N6O5/c1-29(24(31)35-19-14-33-23-17(19)7-12-32-23)11-9-25-20-6-10-30-21(28-20)18(13-27-30)16-3-2-8-26-22(16)34-15-4-5-15/h2-3,6,8,10,13,15,17,19,23H,4-5,7,9,11-12,14H2,1H3,(H,25,28)/t17-,19-,23+/m0/s1. The van der Waals surface area contributed by atoms with E-state index < -0.39 is 0 Å². The lowest BCUT2D eigenvalue weighted by Crippen LogP contribution is -2.36. The topological polar surface area (TPSA) is 112 Å². The number of ether oxygens (including phenoxy) is 4. The van der Waals surface area contributed by atoms with Crippen LogP contribution in [-0.4, -0.2) is 82.4 Å². The number of nitrogens with zero attached hydrogens (tertiary/aromatic N) is 5. The molecule has 1 saturated carbocycles. The van der Waals surface area contributed by atoms with Crippen molar-refractivity contribution in [3.8, 4) is 17.0 Å². The number of anilines is 1. The zero-order chi connectivity index (χ0) is 23.8. The minimum Gasteiger partial charge on any atom is -0.474 e. The number of amides is 1. The molecule has 0 aromatic carbocycles. The molecule has 2 saturated heterocycles. The molecule has 0 bridgehead atoms. The molecule has 184 valence electrons. The van der Waals surface area contributed by atoms with Gasteiger partial charge in [0, 0.05) is 38.1 Å². The van der Waals surface area contributed by atoms with Crippen LogP contribution >= 0.6 is 0 Å². The molecule has 0 unspecified atom stereocenters. The quantitative estimate of drug-likeness (QED) is 0.520. The lowest BCUT2D eigenvalue weighted by molar-refractivity contribution is -0.0907. The van der Waals surface area contributed by atoms with Crippen molar-refractivity contribution in [3.63, 3.8) is 0 Å². The Hall–Kier alpha value is -3.44. The summed E-state index contributed by atoms with van der Waals surface area (Å²) in [5.41, 5.74) is 2.42. The Morgan fingerprint density at radius 3 is 3.06 bits per heavy atom. The van der Waals surface area contributed by atoms with Gasteiger partial charge in [0.05, 0.1) is 30.9 Å². The second-order valence-electron chi connectivity index (χ2n) is 9.11. The molecule has 35 heavy (non-hydrogen) atoms. The number of aromatic nitrogens is 4. The number of hydrogen-bond acceptors (Lipinski definition) is 9. The Morgan fingerprint density at radius 1 is 1.26 bits per heavy atom. The maximum atomic E-state index is 12.5. The summed E-state index contributed by atoms with van der Waals surface area (Å²) in [6.07, 6.45) is 7.71. The van der Waals surface area contributed by atoms with Crippen molar-refractivity contribution >= 4 is 17.6 Å². The van der Waals surface area contributed by atoms with E-state index in [0.717, 1.165) is 30.4 Å². The number of carbonyl (C=O) groups excluding carboxylic acids is 1. The van der Waals surface area contributed by atoms with Crippen molar-refractivity contribution in [2.45, 2.75) is 37.8 Å². The Balaban J connectivity index is 1.08. The highest BCUT2D eigenvalue weighted by Gasteiger charge is 2.44. The van der Waals surface area contributed by atoms with Gasteiger partial charge in [-0.2, -0.15) is 5.10 Å². The molecule has 11 nitrogen and oxygen atoms in total. The Bertz CT molecular complexity index is 1210. The predicted molar refractivity (Wildman–Crippen MR) is 125 cm³/mol. The third-order valence-electron chi connectivity index (χ3n) is 6.54. The second-order valence-corrected chi connectivity index (χ2v) is 9.11. The van der Waals surface area contributed by atoms with Gasteiger partial charge in [-0.3, -0.25) is 0 Å². The summed E-state index contributed by atoms with van der Waals surface area (Å²) < 4.78 is 24.4. The molecule has 3 atom stereocenters. The number of hydrogen-bond donors (Lipinski definition) is 1. The first-order chi connectivity index (χ1) is 17.2. The van der Waals surface area contributed by atoms with Gasteiger partial charge in [-0.05, 0) is 37.5 Å². The first-order valence-electron chi connectivity index (χ1n) is 12.0. The highest BCUT2D eigenvalue weighted by Crippen LogP contribution is 2.35. The maximum absolute atomic E-state index is 12.5. The Labute approximate surface area is 202 Å². The highest BCUT2D eigenvalue weighted by molar-refractivity contribution is 5.80. The van der Waals surface area contributed by atoms with Crippen LogP contribution in [0.2, 0.25) is 0 Å². The third kappa shape index (κ3) is 4.61. The molecule has 1 amide bonds. The van der Waals surface area contributed by atoms with Crippen LogP contribution in [0.4, 0.5) is 10.6 Å². The van der Waals surface area contributed by atoms with Crippen LogP contribution in [0.15, 0.2) is 36.8 Å². The molecule has 3 fully saturated rings. The van der Waals surface area contributed by atoms with Gasteiger partial charge in [0.1, 0.15) is 18.0 Å². The second kappa shape index (κ2) is 9.31. The van der Waals surface area contributed by atoms with Gasteiger partial charge in [-0.25, -0.2) is 19.3 Å². The van der Waals surface area contributed by atoms with Gasteiger partial charge in [-0.15, -0.1) is 0 Å². The first kappa shape index (κ1) is 22.1. The van der Waals surface area contributed by atoms with Gasteiger partial charge in [0.2, 0.25) is 5.88 Å². The van der Waals surface area contributed by atoms with E-state index in [9.17, 15) is 4.79 Å². The minimum absolute atomic E-state index is 0.126. The Kier molecular flexibility index (Phi) is 5.86. The zero-order valence-corrected chi connectivity index (χ0v) is 19.5. The molecule has 0 spiro atoms. The van der Waals surface area contributed by atoms with Crippen molar-refractivity contribution in [1.29, 1.82) is 0 Å². The van der Waals surface area contributed by atoms with E-state index in [-0.39, 0.29) is 30.5 Å². The average Bonchev–Trinajstić information content (AvgIpc) is 3.24. The van der Waals surface area contributed by atoms with E-state index in [1.807, 2.05) is 24.4 Å². The highest BCUT2D eigenvalue weighted by atomic mass is 16.7. The molecule has 2 aliphatic heterocycles. The molecule has 1 N–H and O–H groups in total. The van der Waals surface area contributed by atoms with Gasteiger partial charge in [0.25, 0.3) is 0 Å². The fourth-order valence-electron chi connectivity index (χ4n) is 4.40. The summed E-state index contributed by atoms with van der Waals surface area (Å²) in [6, 6.07) is 5.70. The number of likely N-dealkylation sites (N-methyl/N-ethyl adjacent to an activating group) is 1. The van der Waals surface area contributed by atoms with Crippen molar-refractivity contribution in [2.24, 2.45) is 5.92 Å². The summed E-state index contributed by atoms with van der Waals surface area (Å²) in [4.78, 5) is 23.2. The molecule has 3 aliphatic rings. The fourth-order valence-corrected chi connectivity index (χ4v) is 4.40. The molecule has 0 radical (unpaired) electrons. The summed E-state index contributed by atoms with van der Waals surface area (Å²) >= 11 is 0. The van der Waals surface area contributed by atoms with Crippen LogP contribution in [0, 0.1) is 5.92 Å². The van der Waals surface area contributed by atoms with E-state index in [2.05, 4.69) is 15.4 Å². The van der Waals surface area contributed by atoms with Crippen LogP contribution in [-0.2, 0) is 14.2 Å². The van der Waals surface area contributed by atoms with E-state index in [1.165, 1.54) is 0 Å². The lowest BCUT2D eigenvalue weighted by atomic mass is 10.0. The van der Waals surface area contributed by atoms with Crippen LogP contribution in [0.5, 0.6) is 5.88 Å². The molecule has 1 aliphatic carbocycles. The lowest BCUT2D eigenvalue weighted by Gasteiger charge is -2.22. The number of nitrogens with one attached hydrogen (secondary N) is 1. The smallest absolute Gasteiger partial charge is 0.409 e. The van der Waals surface area contributed by atoms with Crippen LogP contribution in [0.1, 0.15) is 19.3 Å². The molecule has 3 aromatic heterocycles. The molecular formula is C24H28N6O5. The SMILES string of the molecule is CN(CCNc1ccn2ncc(-c3cccnc3OC3CC3)c2n1)C(=O)O[C@H]1CO[C@H]2OCC[C@H]21. The number of rotatable bonds is 8. The number of fused-ring (bicyclic) bond motifs is 2. The summed E-state index contributed by atoms with van der Waals surface area (Å²) in [5.74, 6) is 1.42. The molecular weight excluding hydrogens is 452 g/mol. The van der Waals surface area contributed by atoms with Crippen LogP contribution < -0.4 is 10.1 Å². The van der Waals surface area contributed by atoms with E-state index >= 15 is 0 Å². The Morgan fingerprint density at radius 2 is 2.17 bits per heavy atom. The average molecular weight is 481 g/mol. The summed E-state index contributed by atoms with van der Waals surface area (Å²) in [6.45, 7) is 2.00. The van der Waals surface area contributed by atoms with Gasteiger partial charge in [0.15, 0.2) is 11.9 Å². The largest absolute Gasteiger partial charge is 0.474 e. The normalized spacial score (nSPS) is 23.3. The van der Waals surface area contributed by atoms with Gasteiger partial charge < -0.3 is 29.2 Å². The molecule has 11 heteroatoms. The van der Waals surface area contributed by atoms with Gasteiger partial charge in [-0.1, -0.05) is 0 Å². The molecule has 5 heterocycles. The fraction of sp³-hybridized carbons (Fsp3) is 0.500.